The largest absolute Gasteiger partial charge is 0.338 e. The fourth-order valence-electron chi connectivity index (χ4n) is 1.84. The van der Waals surface area contributed by atoms with Gasteiger partial charge in [0, 0.05) is 17.2 Å². The number of nitrogens with one attached hydrogen (secondary N) is 1. The fourth-order valence-corrected chi connectivity index (χ4v) is 1.84. The van der Waals surface area contributed by atoms with E-state index in [1.807, 2.05) is 40.7 Å². The third-order valence-electron chi connectivity index (χ3n) is 2.94. The van der Waals surface area contributed by atoms with E-state index in [0.29, 0.717) is 5.88 Å². The number of anilines is 1. The summed E-state index contributed by atoms with van der Waals surface area (Å²) in [5, 5.41) is 10.9. The van der Waals surface area contributed by atoms with Crippen LogP contribution in [0.4, 0.5) is 5.88 Å². The zero-order chi connectivity index (χ0) is 14.9. The molecule has 0 radical (unpaired) electrons. The maximum atomic E-state index is 11.9. The summed E-state index contributed by atoms with van der Waals surface area (Å²) in [5.74, 6) is 0.175. The lowest BCUT2D eigenvalue weighted by Gasteiger charge is -2.12. The number of carbonyl (C=O) groups is 1. The minimum absolute atomic E-state index is 0.109. The van der Waals surface area contributed by atoms with Crippen molar-refractivity contribution in [2.45, 2.75) is 46.6 Å². The van der Waals surface area contributed by atoms with Crippen LogP contribution < -0.4 is 5.32 Å². The molecule has 1 amide bonds. The van der Waals surface area contributed by atoms with Gasteiger partial charge in [-0.3, -0.25) is 14.8 Å². The van der Waals surface area contributed by atoms with Gasteiger partial charge in [-0.2, -0.15) is 5.10 Å². The maximum Gasteiger partial charge on any atom is 0.248 e. The van der Waals surface area contributed by atoms with Gasteiger partial charge < -0.3 is 4.52 Å². The highest BCUT2D eigenvalue weighted by atomic mass is 16.5. The second-order valence-corrected chi connectivity index (χ2v) is 5.96. The van der Waals surface area contributed by atoms with E-state index < -0.39 is 0 Å². The van der Waals surface area contributed by atoms with Crippen LogP contribution in [0.5, 0.6) is 0 Å². The van der Waals surface area contributed by atoms with Gasteiger partial charge in [-0.15, -0.1) is 0 Å². The average molecular weight is 276 g/mol. The summed E-state index contributed by atoms with van der Waals surface area (Å²) in [7, 11) is 0. The summed E-state index contributed by atoms with van der Waals surface area (Å²) in [6.45, 7) is 10.1. The molecule has 2 heterocycles. The Labute approximate surface area is 118 Å². The first-order valence-corrected chi connectivity index (χ1v) is 6.54. The number of aromatic nitrogens is 3. The third kappa shape index (κ3) is 3.26. The first kappa shape index (κ1) is 14.3. The van der Waals surface area contributed by atoms with Crippen LogP contribution in [0.25, 0.3) is 0 Å². The number of amides is 1. The van der Waals surface area contributed by atoms with Crippen molar-refractivity contribution < 1.29 is 9.32 Å². The second kappa shape index (κ2) is 5.11. The summed E-state index contributed by atoms with van der Waals surface area (Å²) in [6, 6.07) is 3.68. The van der Waals surface area contributed by atoms with E-state index in [-0.39, 0.29) is 17.9 Å². The van der Waals surface area contributed by atoms with Gasteiger partial charge in [-0.05, 0) is 19.9 Å². The molecule has 1 N–H and O–H groups in total. The van der Waals surface area contributed by atoms with Gasteiger partial charge in [0.05, 0.1) is 11.4 Å². The predicted molar refractivity (Wildman–Crippen MR) is 75.5 cm³/mol. The molecule has 0 aliphatic carbocycles. The number of hydrogen-bond acceptors (Lipinski definition) is 4. The summed E-state index contributed by atoms with van der Waals surface area (Å²) >= 11 is 0. The Hall–Kier alpha value is -2.11. The molecule has 0 aliphatic rings. The molecule has 0 spiro atoms. The number of aryl methyl sites for hydroxylation is 2. The third-order valence-corrected chi connectivity index (χ3v) is 2.94. The van der Waals surface area contributed by atoms with Crippen LogP contribution in [-0.2, 0) is 16.8 Å². The van der Waals surface area contributed by atoms with Gasteiger partial charge in [0.15, 0.2) is 0 Å². The molecule has 0 bridgehead atoms. The van der Waals surface area contributed by atoms with Crippen LogP contribution in [-0.4, -0.2) is 20.8 Å². The molecule has 2 aromatic rings. The zero-order valence-electron chi connectivity index (χ0n) is 12.5. The highest BCUT2D eigenvalue weighted by molar-refractivity contribution is 5.89. The Kier molecular flexibility index (Phi) is 3.65. The van der Waals surface area contributed by atoms with E-state index in [1.165, 1.54) is 0 Å². The molecular formula is C14H20N4O2. The Morgan fingerprint density at radius 2 is 2.05 bits per heavy atom. The molecule has 20 heavy (non-hydrogen) atoms. The fraction of sp³-hybridized carbons (Fsp3) is 0.500. The molecule has 0 fully saturated rings. The Bertz CT molecular complexity index is 619. The summed E-state index contributed by atoms with van der Waals surface area (Å²) in [4.78, 5) is 11.9. The number of carbonyl (C=O) groups excluding carboxylic acids is 1. The normalized spacial score (nSPS) is 11.7. The van der Waals surface area contributed by atoms with Crippen molar-refractivity contribution in [2.75, 3.05) is 5.32 Å². The number of rotatable bonds is 3. The minimum atomic E-state index is -0.187. The monoisotopic (exact) mass is 276 g/mol. The van der Waals surface area contributed by atoms with Crippen LogP contribution in [0.15, 0.2) is 16.7 Å². The van der Waals surface area contributed by atoms with Crippen LogP contribution >= 0.6 is 0 Å². The van der Waals surface area contributed by atoms with E-state index >= 15 is 0 Å². The number of hydrogen-bond donors (Lipinski definition) is 1. The van der Waals surface area contributed by atoms with E-state index in [1.54, 1.807) is 10.7 Å². The van der Waals surface area contributed by atoms with Crippen LogP contribution in [0.2, 0.25) is 0 Å². The van der Waals surface area contributed by atoms with Crippen molar-refractivity contribution in [3.8, 4) is 0 Å². The predicted octanol–water partition coefficient (Wildman–Crippen LogP) is 2.42. The van der Waals surface area contributed by atoms with Crippen molar-refractivity contribution in [3.63, 3.8) is 0 Å². The standard InChI is InChI=1S/C14H20N4O2/c1-9-6-10(2)18(16-9)8-12(19)15-13-7-11(17-20-13)14(3,4)5/h6-7H,8H2,1-5H3,(H,15,19). The van der Waals surface area contributed by atoms with Crippen molar-refractivity contribution in [1.82, 2.24) is 14.9 Å². The van der Waals surface area contributed by atoms with Gasteiger partial charge in [0.2, 0.25) is 11.8 Å². The second-order valence-electron chi connectivity index (χ2n) is 5.96. The van der Waals surface area contributed by atoms with Crippen LogP contribution in [0, 0.1) is 13.8 Å². The van der Waals surface area contributed by atoms with Gasteiger partial charge in [-0.1, -0.05) is 25.9 Å². The molecule has 0 saturated carbocycles. The van der Waals surface area contributed by atoms with E-state index in [0.717, 1.165) is 17.1 Å². The zero-order valence-corrected chi connectivity index (χ0v) is 12.5. The molecule has 2 rings (SSSR count). The summed E-state index contributed by atoms with van der Waals surface area (Å²) in [6.07, 6.45) is 0. The molecular weight excluding hydrogens is 256 g/mol. The van der Waals surface area contributed by atoms with E-state index in [9.17, 15) is 4.79 Å². The molecule has 6 heteroatoms. The SMILES string of the molecule is Cc1cc(C)n(CC(=O)Nc2cc(C(C)(C)C)no2)n1. The molecule has 0 atom stereocenters. The summed E-state index contributed by atoms with van der Waals surface area (Å²) < 4.78 is 6.78. The van der Waals surface area contributed by atoms with Crippen LogP contribution in [0.1, 0.15) is 37.9 Å². The van der Waals surface area contributed by atoms with Crippen molar-refractivity contribution in [2.24, 2.45) is 0 Å². The molecule has 0 unspecified atom stereocenters. The molecule has 0 aliphatic heterocycles. The first-order valence-electron chi connectivity index (χ1n) is 6.54. The topological polar surface area (TPSA) is 73.0 Å². The lowest BCUT2D eigenvalue weighted by Crippen LogP contribution is -2.20. The molecule has 0 aromatic carbocycles. The van der Waals surface area contributed by atoms with Gasteiger partial charge >= 0.3 is 0 Å². The quantitative estimate of drug-likeness (QED) is 0.934. The van der Waals surface area contributed by atoms with E-state index in [2.05, 4.69) is 15.6 Å². The van der Waals surface area contributed by atoms with E-state index in [4.69, 9.17) is 4.52 Å². The lowest BCUT2D eigenvalue weighted by molar-refractivity contribution is -0.117. The highest BCUT2D eigenvalue weighted by Gasteiger charge is 2.19. The maximum absolute atomic E-state index is 11.9. The summed E-state index contributed by atoms with van der Waals surface area (Å²) in [5.41, 5.74) is 2.54. The van der Waals surface area contributed by atoms with Gasteiger partial charge in [-0.25, -0.2) is 0 Å². The minimum Gasteiger partial charge on any atom is -0.338 e. The Balaban J connectivity index is 2.01. The van der Waals surface area contributed by atoms with Crippen molar-refractivity contribution in [1.29, 1.82) is 0 Å². The van der Waals surface area contributed by atoms with Crippen molar-refractivity contribution in [3.05, 3.63) is 29.2 Å². The molecule has 2 aromatic heterocycles. The molecule has 108 valence electrons. The smallest absolute Gasteiger partial charge is 0.248 e. The average Bonchev–Trinajstić information content (AvgIpc) is 2.86. The first-order chi connectivity index (χ1) is 9.25. The van der Waals surface area contributed by atoms with Crippen LogP contribution in [0.3, 0.4) is 0 Å². The van der Waals surface area contributed by atoms with Gasteiger partial charge in [0.1, 0.15) is 6.54 Å². The highest BCUT2D eigenvalue weighted by Crippen LogP contribution is 2.23. The Morgan fingerprint density at radius 1 is 1.35 bits per heavy atom. The van der Waals surface area contributed by atoms with Gasteiger partial charge in [0.25, 0.3) is 0 Å². The molecule has 6 nitrogen and oxygen atoms in total. The van der Waals surface area contributed by atoms with Crippen molar-refractivity contribution >= 4 is 11.8 Å². The number of nitrogens with zero attached hydrogens (tertiary/aromatic N) is 3. The lowest BCUT2D eigenvalue weighted by atomic mass is 9.92. The Morgan fingerprint density at radius 3 is 2.55 bits per heavy atom. The molecule has 0 saturated heterocycles.